The Balaban J connectivity index is 2.69. The molecule has 20 heavy (non-hydrogen) atoms. The zero-order valence-electron chi connectivity index (χ0n) is 11.9. The van der Waals surface area contributed by atoms with Gasteiger partial charge in [0.05, 0.1) is 16.9 Å². The third kappa shape index (κ3) is 4.49. The Labute approximate surface area is 120 Å². The van der Waals surface area contributed by atoms with Gasteiger partial charge in [-0.25, -0.2) is 0 Å². The summed E-state index contributed by atoms with van der Waals surface area (Å²) in [5.41, 5.74) is -1.99. The van der Waals surface area contributed by atoms with Gasteiger partial charge in [0, 0.05) is 0 Å². The van der Waals surface area contributed by atoms with Crippen molar-refractivity contribution < 1.29 is 23.1 Å². The Morgan fingerprint density at radius 1 is 1.40 bits per heavy atom. The van der Waals surface area contributed by atoms with Crippen molar-refractivity contribution in [3.8, 4) is 0 Å². The number of amides is 1. The van der Waals surface area contributed by atoms with Crippen molar-refractivity contribution in [3.05, 3.63) is 23.7 Å². The van der Waals surface area contributed by atoms with Crippen LogP contribution in [0.25, 0.3) is 0 Å². The molecule has 1 rings (SSSR count). The average molecular weight is 307 g/mol. The smallest absolute Gasteiger partial charge is 0.287 e. The summed E-state index contributed by atoms with van der Waals surface area (Å²) in [6.45, 7) is 6.53. The van der Waals surface area contributed by atoms with E-state index in [0.29, 0.717) is 17.5 Å². The van der Waals surface area contributed by atoms with E-state index in [4.69, 9.17) is 4.42 Å². The predicted molar refractivity (Wildman–Crippen MR) is 73.9 cm³/mol. The van der Waals surface area contributed by atoms with E-state index in [9.17, 15) is 18.7 Å². The Bertz CT molecular complexity index is 466. The molecular formula is C13H19F2NO3S. The van der Waals surface area contributed by atoms with Gasteiger partial charge in [-0.05, 0) is 39.8 Å². The van der Waals surface area contributed by atoms with Crippen LogP contribution in [0.1, 0.15) is 44.0 Å². The summed E-state index contributed by atoms with van der Waals surface area (Å²) in [6.07, 6.45) is 0. The molecule has 0 unspecified atom stereocenters. The van der Waals surface area contributed by atoms with Gasteiger partial charge in [-0.3, -0.25) is 4.79 Å². The first-order valence-corrected chi connectivity index (χ1v) is 7.11. The van der Waals surface area contributed by atoms with Gasteiger partial charge >= 0.3 is 0 Å². The van der Waals surface area contributed by atoms with Gasteiger partial charge < -0.3 is 14.8 Å². The predicted octanol–water partition coefficient (Wildman–Crippen LogP) is 3.01. The number of hydrogen-bond donors (Lipinski definition) is 2. The molecule has 0 fully saturated rings. The van der Waals surface area contributed by atoms with E-state index in [1.165, 1.54) is 12.1 Å². The number of carbonyl (C=O) groups excluding carboxylic acids is 1. The number of rotatable bonds is 6. The molecule has 0 saturated heterocycles. The van der Waals surface area contributed by atoms with Crippen molar-refractivity contribution in [2.24, 2.45) is 0 Å². The van der Waals surface area contributed by atoms with E-state index in [2.05, 4.69) is 5.32 Å². The summed E-state index contributed by atoms with van der Waals surface area (Å²) in [4.78, 5) is 12.0. The fourth-order valence-electron chi connectivity index (χ4n) is 1.22. The number of alkyl halides is 2. The maximum Gasteiger partial charge on any atom is 0.287 e. The number of aliphatic hydroxyl groups is 1. The molecule has 1 heterocycles. The molecule has 0 radical (unpaired) electrons. The SMILES string of the molecule is CC(C)(O)C(C)(C)NC(=O)c1ccc(CSC(F)F)o1. The lowest BCUT2D eigenvalue weighted by Gasteiger charge is -2.37. The third-order valence-electron chi connectivity index (χ3n) is 3.19. The molecule has 0 aliphatic rings. The minimum Gasteiger partial charge on any atom is -0.455 e. The van der Waals surface area contributed by atoms with E-state index in [1.807, 2.05) is 0 Å². The lowest BCUT2D eigenvalue weighted by Crippen LogP contribution is -2.57. The van der Waals surface area contributed by atoms with Gasteiger partial charge in [0.15, 0.2) is 5.76 Å². The Morgan fingerprint density at radius 2 is 2.00 bits per heavy atom. The Kier molecular flexibility index (Phi) is 5.21. The lowest BCUT2D eigenvalue weighted by molar-refractivity contribution is -0.00342. The summed E-state index contributed by atoms with van der Waals surface area (Å²) in [5.74, 6) is -2.63. The van der Waals surface area contributed by atoms with E-state index < -0.39 is 22.8 Å². The lowest BCUT2D eigenvalue weighted by atomic mass is 9.86. The molecule has 4 nitrogen and oxygen atoms in total. The number of nitrogens with one attached hydrogen (secondary N) is 1. The number of carbonyl (C=O) groups is 1. The highest BCUT2D eigenvalue weighted by Gasteiger charge is 2.37. The average Bonchev–Trinajstić information content (AvgIpc) is 2.72. The Hall–Kier alpha value is -1.08. The molecule has 114 valence electrons. The molecule has 1 aromatic rings. The molecule has 0 aliphatic carbocycles. The van der Waals surface area contributed by atoms with Crippen molar-refractivity contribution in [3.63, 3.8) is 0 Å². The zero-order chi connectivity index (χ0) is 15.6. The summed E-state index contributed by atoms with van der Waals surface area (Å²) in [7, 11) is 0. The molecule has 0 spiro atoms. The van der Waals surface area contributed by atoms with Crippen LogP contribution in [0.5, 0.6) is 0 Å². The maximum absolute atomic E-state index is 12.1. The normalized spacial score (nSPS) is 12.8. The van der Waals surface area contributed by atoms with Crippen LogP contribution >= 0.6 is 11.8 Å². The van der Waals surface area contributed by atoms with Gasteiger partial charge in [0.2, 0.25) is 0 Å². The van der Waals surface area contributed by atoms with Crippen LogP contribution in [-0.4, -0.2) is 27.9 Å². The maximum atomic E-state index is 12.1. The van der Waals surface area contributed by atoms with Crippen LogP contribution < -0.4 is 5.32 Å². The Morgan fingerprint density at radius 3 is 2.50 bits per heavy atom. The fraction of sp³-hybridized carbons (Fsp3) is 0.615. The van der Waals surface area contributed by atoms with Gasteiger partial charge in [0.1, 0.15) is 5.76 Å². The highest BCUT2D eigenvalue weighted by Crippen LogP contribution is 2.23. The van der Waals surface area contributed by atoms with E-state index in [1.54, 1.807) is 27.7 Å². The number of halogens is 2. The van der Waals surface area contributed by atoms with Gasteiger partial charge in [-0.1, -0.05) is 11.8 Å². The van der Waals surface area contributed by atoms with Crippen molar-refractivity contribution in [2.45, 2.75) is 50.3 Å². The first kappa shape index (κ1) is 17.0. The van der Waals surface area contributed by atoms with Crippen molar-refractivity contribution >= 4 is 17.7 Å². The van der Waals surface area contributed by atoms with Crippen LogP contribution in [0.4, 0.5) is 8.78 Å². The van der Waals surface area contributed by atoms with Crippen LogP contribution in [0.2, 0.25) is 0 Å². The third-order valence-corrected chi connectivity index (χ3v) is 3.90. The quantitative estimate of drug-likeness (QED) is 0.848. The molecule has 2 N–H and O–H groups in total. The molecule has 0 atom stereocenters. The fourth-order valence-corrected chi connectivity index (χ4v) is 1.67. The first-order valence-electron chi connectivity index (χ1n) is 6.06. The second kappa shape index (κ2) is 6.13. The van der Waals surface area contributed by atoms with Gasteiger partial charge in [-0.15, -0.1) is 0 Å². The molecule has 1 amide bonds. The summed E-state index contributed by atoms with van der Waals surface area (Å²) in [6, 6.07) is 2.92. The molecule has 0 saturated carbocycles. The van der Waals surface area contributed by atoms with E-state index >= 15 is 0 Å². The summed E-state index contributed by atoms with van der Waals surface area (Å²) < 4.78 is 29.3. The van der Waals surface area contributed by atoms with Gasteiger partial charge in [-0.2, -0.15) is 8.78 Å². The minimum atomic E-state index is -2.48. The number of thioether (sulfide) groups is 1. The highest BCUT2D eigenvalue weighted by atomic mass is 32.2. The molecule has 0 aromatic carbocycles. The van der Waals surface area contributed by atoms with Crippen LogP contribution in [0.3, 0.4) is 0 Å². The molecule has 0 aliphatic heterocycles. The van der Waals surface area contributed by atoms with Crippen LogP contribution in [0.15, 0.2) is 16.5 Å². The topological polar surface area (TPSA) is 62.5 Å². The molecule has 0 bridgehead atoms. The number of hydrogen-bond acceptors (Lipinski definition) is 4. The molecule has 7 heteroatoms. The van der Waals surface area contributed by atoms with Crippen LogP contribution in [-0.2, 0) is 5.75 Å². The zero-order valence-corrected chi connectivity index (χ0v) is 12.7. The van der Waals surface area contributed by atoms with Crippen molar-refractivity contribution in [1.29, 1.82) is 0 Å². The second-order valence-electron chi connectivity index (χ2n) is 5.48. The standard InChI is InChI=1S/C13H19F2NO3S/c1-12(2,13(3,4)18)16-10(17)9-6-5-8(19-9)7-20-11(14)15/h5-6,11,18H,7H2,1-4H3,(H,16,17). The monoisotopic (exact) mass is 307 g/mol. The van der Waals surface area contributed by atoms with Crippen molar-refractivity contribution in [1.82, 2.24) is 5.32 Å². The van der Waals surface area contributed by atoms with Crippen molar-refractivity contribution in [2.75, 3.05) is 0 Å². The minimum absolute atomic E-state index is 0.000166. The summed E-state index contributed by atoms with van der Waals surface area (Å²) >= 11 is 0.428. The largest absolute Gasteiger partial charge is 0.455 e. The van der Waals surface area contributed by atoms with E-state index in [-0.39, 0.29) is 11.5 Å². The van der Waals surface area contributed by atoms with Crippen LogP contribution in [0, 0.1) is 0 Å². The van der Waals surface area contributed by atoms with Gasteiger partial charge in [0.25, 0.3) is 11.7 Å². The molecular weight excluding hydrogens is 288 g/mol. The second-order valence-corrected chi connectivity index (χ2v) is 6.45. The molecule has 1 aromatic heterocycles. The highest BCUT2D eigenvalue weighted by molar-refractivity contribution is 7.98. The first-order chi connectivity index (χ1) is 9.03. The number of furan rings is 1. The summed E-state index contributed by atoms with van der Waals surface area (Å²) in [5, 5.41) is 12.6. The van der Waals surface area contributed by atoms with E-state index in [0.717, 1.165) is 0 Å².